The minimum atomic E-state index is -1.15. The topological polar surface area (TPSA) is 100 Å². The van der Waals surface area contributed by atoms with E-state index in [4.69, 9.17) is 24.7 Å². The van der Waals surface area contributed by atoms with Crippen molar-refractivity contribution in [3.05, 3.63) is 0 Å². The largest absolute Gasteiger partial charge is 0.461 e. The average molecular weight is 307 g/mol. The van der Waals surface area contributed by atoms with E-state index in [9.17, 15) is 9.90 Å². The van der Waals surface area contributed by atoms with Crippen LogP contribution in [0.1, 0.15) is 26.2 Å². The molecule has 0 aliphatic carbocycles. The molecule has 0 aromatic carbocycles. The molecule has 0 aliphatic rings. The molecule has 0 bridgehead atoms. The summed E-state index contributed by atoms with van der Waals surface area (Å²) in [5, 5.41) is 9.27. The molecule has 7 nitrogen and oxygen atoms in total. The molecule has 0 amide bonds. The Hall–Kier alpha value is -0.730. The molecule has 1 atom stereocenters. The molecule has 0 spiro atoms. The van der Waals surface area contributed by atoms with E-state index in [-0.39, 0.29) is 26.2 Å². The third kappa shape index (κ3) is 14.0. The molecule has 0 rings (SSSR count). The first kappa shape index (κ1) is 20.3. The summed E-state index contributed by atoms with van der Waals surface area (Å²) in [5.74, 6) is -0.662. The van der Waals surface area contributed by atoms with Gasteiger partial charge < -0.3 is 29.8 Å². The number of rotatable bonds is 15. The number of unbranched alkanes of at least 4 members (excludes halogenated alkanes) is 1. The van der Waals surface area contributed by atoms with Gasteiger partial charge in [-0.1, -0.05) is 13.3 Å². The van der Waals surface area contributed by atoms with Crippen LogP contribution in [0, 0.1) is 0 Å². The molecule has 3 N–H and O–H groups in total. The van der Waals surface area contributed by atoms with Gasteiger partial charge >= 0.3 is 5.97 Å². The summed E-state index contributed by atoms with van der Waals surface area (Å²) in [6.45, 7) is 5.57. The molecule has 1 unspecified atom stereocenters. The van der Waals surface area contributed by atoms with Gasteiger partial charge in [0.25, 0.3) is 0 Å². The van der Waals surface area contributed by atoms with Crippen molar-refractivity contribution in [1.82, 2.24) is 0 Å². The fraction of sp³-hybridized carbons (Fsp3) is 0.929. The van der Waals surface area contributed by atoms with Gasteiger partial charge in [0, 0.05) is 6.61 Å². The number of hydrogen-bond acceptors (Lipinski definition) is 7. The predicted octanol–water partition coefficient (Wildman–Crippen LogP) is 0.0892. The second kappa shape index (κ2) is 15.7. The van der Waals surface area contributed by atoms with E-state index in [2.05, 4.69) is 6.92 Å². The summed E-state index contributed by atoms with van der Waals surface area (Å²) >= 11 is 0. The highest BCUT2D eigenvalue weighted by atomic mass is 16.6. The van der Waals surface area contributed by atoms with Crippen molar-refractivity contribution >= 4 is 5.97 Å². The first-order valence-corrected chi connectivity index (χ1v) is 7.50. The summed E-state index contributed by atoms with van der Waals surface area (Å²) in [7, 11) is 0. The Morgan fingerprint density at radius 2 is 1.52 bits per heavy atom. The predicted molar refractivity (Wildman–Crippen MR) is 78.0 cm³/mol. The van der Waals surface area contributed by atoms with Gasteiger partial charge in [-0.05, 0) is 19.4 Å². The molecule has 126 valence electrons. The Balaban J connectivity index is 3.17. The number of hydrogen-bond donors (Lipinski definition) is 2. The fourth-order valence-electron chi connectivity index (χ4n) is 1.36. The molecule has 0 radical (unpaired) electrons. The maximum atomic E-state index is 11.2. The fourth-order valence-corrected chi connectivity index (χ4v) is 1.36. The summed E-state index contributed by atoms with van der Waals surface area (Å²) in [6.07, 6.45) is 1.25. The van der Waals surface area contributed by atoms with Crippen LogP contribution >= 0.6 is 0 Å². The van der Waals surface area contributed by atoms with Gasteiger partial charge in [0.2, 0.25) is 0 Å². The smallest absolute Gasteiger partial charge is 0.335 e. The number of ether oxygens (including phenoxy) is 4. The van der Waals surface area contributed by atoms with Crippen molar-refractivity contribution in [2.24, 2.45) is 5.73 Å². The number of carbonyl (C=O) groups excluding carboxylic acids is 1. The lowest BCUT2D eigenvalue weighted by Crippen LogP contribution is -2.27. The van der Waals surface area contributed by atoms with Crippen LogP contribution < -0.4 is 5.73 Å². The molecule has 0 saturated heterocycles. The van der Waals surface area contributed by atoms with Crippen LogP contribution in [0.3, 0.4) is 0 Å². The van der Waals surface area contributed by atoms with Gasteiger partial charge in [0.1, 0.15) is 6.61 Å². The van der Waals surface area contributed by atoms with Gasteiger partial charge in [-0.25, -0.2) is 4.79 Å². The van der Waals surface area contributed by atoms with E-state index in [0.29, 0.717) is 26.4 Å². The van der Waals surface area contributed by atoms with Crippen LogP contribution in [0.25, 0.3) is 0 Å². The molecule has 7 heteroatoms. The first-order chi connectivity index (χ1) is 10.2. The van der Waals surface area contributed by atoms with E-state index in [1.807, 2.05) is 0 Å². The van der Waals surface area contributed by atoms with E-state index in [1.54, 1.807) is 0 Å². The van der Waals surface area contributed by atoms with Crippen molar-refractivity contribution in [3.8, 4) is 0 Å². The quantitative estimate of drug-likeness (QED) is 0.326. The van der Waals surface area contributed by atoms with Crippen molar-refractivity contribution in [2.45, 2.75) is 32.3 Å². The lowest BCUT2D eigenvalue weighted by atomic mass is 10.2. The highest BCUT2D eigenvalue weighted by Crippen LogP contribution is 1.93. The van der Waals surface area contributed by atoms with Crippen LogP contribution in [-0.2, 0) is 23.7 Å². The molecule has 0 fully saturated rings. The highest BCUT2D eigenvalue weighted by molar-refractivity contribution is 5.74. The van der Waals surface area contributed by atoms with Crippen LogP contribution in [0.2, 0.25) is 0 Å². The molecule has 0 aromatic rings. The van der Waals surface area contributed by atoms with E-state index in [0.717, 1.165) is 19.4 Å². The number of aliphatic hydroxyl groups is 1. The van der Waals surface area contributed by atoms with Crippen molar-refractivity contribution < 1.29 is 28.8 Å². The summed E-state index contributed by atoms with van der Waals surface area (Å²) < 4.78 is 20.7. The minimum absolute atomic E-state index is 0.112. The van der Waals surface area contributed by atoms with Crippen LogP contribution in [0.15, 0.2) is 0 Å². The lowest BCUT2D eigenvalue weighted by Gasteiger charge is -2.10. The lowest BCUT2D eigenvalue weighted by molar-refractivity contribution is -0.155. The number of aliphatic hydroxyl groups excluding tert-OH is 1. The van der Waals surface area contributed by atoms with Gasteiger partial charge in [0.15, 0.2) is 6.10 Å². The SMILES string of the molecule is CCCCOCCOCCOCCOC(=O)C(O)CCN. The van der Waals surface area contributed by atoms with Gasteiger partial charge in [-0.2, -0.15) is 0 Å². The maximum Gasteiger partial charge on any atom is 0.335 e. The molecular formula is C14H29NO6. The maximum absolute atomic E-state index is 11.2. The Morgan fingerprint density at radius 1 is 1.00 bits per heavy atom. The zero-order chi connectivity index (χ0) is 15.8. The third-order valence-corrected chi connectivity index (χ3v) is 2.57. The molecule has 0 aliphatic heterocycles. The Morgan fingerprint density at radius 3 is 2.05 bits per heavy atom. The Labute approximate surface area is 126 Å². The molecular weight excluding hydrogens is 278 g/mol. The second-order valence-electron chi connectivity index (χ2n) is 4.45. The minimum Gasteiger partial charge on any atom is -0.461 e. The molecule has 21 heavy (non-hydrogen) atoms. The molecule has 0 saturated carbocycles. The standard InChI is InChI=1S/C14H29NO6/c1-2-3-6-18-7-8-19-9-10-20-11-12-21-14(17)13(16)4-5-15/h13,16H,2-12,15H2,1H3. The van der Waals surface area contributed by atoms with Crippen LogP contribution in [0.5, 0.6) is 0 Å². The van der Waals surface area contributed by atoms with E-state index < -0.39 is 12.1 Å². The first-order valence-electron chi connectivity index (χ1n) is 7.50. The average Bonchev–Trinajstić information content (AvgIpc) is 2.48. The Bertz CT molecular complexity index is 240. The monoisotopic (exact) mass is 307 g/mol. The summed E-state index contributed by atoms with van der Waals surface area (Å²) in [5.41, 5.74) is 5.22. The second-order valence-corrected chi connectivity index (χ2v) is 4.45. The number of nitrogens with two attached hydrogens (primary N) is 1. The number of esters is 1. The Kier molecular flexibility index (Phi) is 15.1. The normalized spacial score (nSPS) is 12.3. The summed E-state index contributed by atoms with van der Waals surface area (Å²) in [6, 6.07) is 0. The van der Waals surface area contributed by atoms with Gasteiger partial charge in [-0.15, -0.1) is 0 Å². The van der Waals surface area contributed by atoms with Crippen LogP contribution in [-0.4, -0.2) is 70.0 Å². The van der Waals surface area contributed by atoms with Crippen molar-refractivity contribution in [3.63, 3.8) is 0 Å². The molecule has 0 aromatic heterocycles. The zero-order valence-electron chi connectivity index (χ0n) is 12.9. The van der Waals surface area contributed by atoms with Crippen LogP contribution in [0.4, 0.5) is 0 Å². The van der Waals surface area contributed by atoms with Gasteiger partial charge in [-0.3, -0.25) is 0 Å². The van der Waals surface area contributed by atoms with E-state index in [1.165, 1.54) is 0 Å². The van der Waals surface area contributed by atoms with Crippen molar-refractivity contribution in [2.75, 3.05) is 52.8 Å². The van der Waals surface area contributed by atoms with E-state index >= 15 is 0 Å². The highest BCUT2D eigenvalue weighted by Gasteiger charge is 2.14. The molecule has 0 heterocycles. The summed E-state index contributed by atoms with van der Waals surface area (Å²) in [4.78, 5) is 11.2. The van der Waals surface area contributed by atoms with Gasteiger partial charge in [0.05, 0.1) is 33.0 Å². The number of carbonyl (C=O) groups is 1. The third-order valence-electron chi connectivity index (χ3n) is 2.57. The zero-order valence-corrected chi connectivity index (χ0v) is 12.9. The van der Waals surface area contributed by atoms with Crippen molar-refractivity contribution in [1.29, 1.82) is 0 Å².